The Labute approximate surface area is 101 Å². The highest BCUT2D eigenvalue weighted by Crippen LogP contribution is 2.16. The maximum Gasteiger partial charge on any atom is 0.119 e. The fourth-order valence-electron chi connectivity index (χ4n) is 1.31. The molecule has 1 atom stereocenters. The third kappa shape index (κ3) is 4.66. The zero-order valence-corrected chi connectivity index (χ0v) is 10.1. The van der Waals surface area contributed by atoms with Crippen LogP contribution in [0.1, 0.15) is 13.3 Å². The number of hydrogen-bond acceptors (Lipinski definition) is 3. The average molecular weight is 241 g/mol. The molecule has 88 valence electrons. The lowest BCUT2D eigenvalue weighted by Gasteiger charge is -2.16. The van der Waals surface area contributed by atoms with Crippen LogP contribution in [0.5, 0.6) is 5.75 Å². The second kappa shape index (κ2) is 6.53. The molecule has 0 saturated heterocycles. The Bertz CT molecular complexity index is 337. The SMILES string of the molecule is C=C(C)CC(COc1ccc(Cl)cc1)NN. The van der Waals surface area contributed by atoms with Crippen molar-refractivity contribution in [2.24, 2.45) is 5.84 Å². The van der Waals surface area contributed by atoms with Crippen molar-refractivity contribution in [2.45, 2.75) is 19.4 Å². The van der Waals surface area contributed by atoms with Gasteiger partial charge in [-0.25, -0.2) is 0 Å². The molecule has 0 bridgehead atoms. The van der Waals surface area contributed by atoms with Crippen molar-refractivity contribution in [3.63, 3.8) is 0 Å². The van der Waals surface area contributed by atoms with Crippen LogP contribution in [0.3, 0.4) is 0 Å². The van der Waals surface area contributed by atoms with E-state index < -0.39 is 0 Å². The highest BCUT2D eigenvalue weighted by Gasteiger charge is 2.07. The van der Waals surface area contributed by atoms with Crippen molar-refractivity contribution in [3.05, 3.63) is 41.4 Å². The average Bonchev–Trinajstić information content (AvgIpc) is 2.26. The summed E-state index contributed by atoms with van der Waals surface area (Å²) in [6, 6.07) is 7.32. The van der Waals surface area contributed by atoms with Gasteiger partial charge in [0.05, 0.1) is 6.04 Å². The maximum atomic E-state index is 5.77. The number of ether oxygens (including phenoxy) is 1. The van der Waals surface area contributed by atoms with Crippen LogP contribution in [-0.2, 0) is 0 Å². The van der Waals surface area contributed by atoms with Gasteiger partial charge in [-0.3, -0.25) is 11.3 Å². The molecule has 0 aliphatic carbocycles. The van der Waals surface area contributed by atoms with E-state index in [0.717, 1.165) is 17.7 Å². The van der Waals surface area contributed by atoms with Crippen LogP contribution in [0.25, 0.3) is 0 Å². The van der Waals surface area contributed by atoms with Gasteiger partial charge in [0.25, 0.3) is 0 Å². The van der Waals surface area contributed by atoms with E-state index in [1.54, 1.807) is 12.1 Å². The quantitative estimate of drug-likeness (QED) is 0.456. The second-order valence-corrected chi connectivity index (χ2v) is 4.23. The first-order chi connectivity index (χ1) is 7.61. The molecule has 0 aliphatic rings. The van der Waals surface area contributed by atoms with Crippen LogP contribution < -0.4 is 16.0 Å². The van der Waals surface area contributed by atoms with Gasteiger partial charge >= 0.3 is 0 Å². The van der Waals surface area contributed by atoms with Crippen LogP contribution in [0.15, 0.2) is 36.4 Å². The number of benzene rings is 1. The first-order valence-electron chi connectivity index (χ1n) is 5.10. The van der Waals surface area contributed by atoms with E-state index in [0.29, 0.717) is 11.6 Å². The molecular formula is C12H17ClN2O. The summed E-state index contributed by atoms with van der Waals surface area (Å²) in [4.78, 5) is 0. The lowest BCUT2D eigenvalue weighted by molar-refractivity contribution is 0.264. The monoisotopic (exact) mass is 240 g/mol. The van der Waals surface area contributed by atoms with E-state index in [1.807, 2.05) is 19.1 Å². The fourth-order valence-corrected chi connectivity index (χ4v) is 1.44. The summed E-state index contributed by atoms with van der Waals surface area (Å²) < 4.78 is 5.57. The third-order valence-corrected chi connectivity index (χ3v) is 2.35. The Kier molecular flexibility index (Phi) is 5.32. The van der Waals surface area contributed by atoms with Crippen molar-refractivity contribution in [1.82, 2.24) is 5.43 Å². The molecule has 1 aromatic rings. The molecule has 16 heavy (non-hydrogen) atoms. The molecule has 1 aromatic carbocycles. The summed E-state index contributed by atoms with van der Waals surface area (Å²) >= 11 is 5.77. The van der Waals surface area contributed by atoms with Crippen LogP contribution in [-0.4, -0.2) is 12.6 Å². The van der Waals surface area contributed by atoms with Crippen molar-refractivity contribution in [1.29, 1.82) is 0 Å². The molecule has 1 unspecified atom stereocenters. The summed E-state index contributed by atoms with van der Waals surface area (Å²) in [5, 5.41) is 0.697. The van der Waals surface area contributed by atoms with Gasteiger partial charge in [-0.2, -0.15) is 0 Å². The van der Waals surface area contributed by atoms with E-state index in [1.165, 1.54) is 0 Å². The lowest BCUT2D eigenvalue weighted by atomic mass is 10.1. The van der Waals surface area contributed by atoms with Crippen LogP contribution in [0, 0.1) is 0 Å². The minimum absolute atomic E-state index is 0.0770. The van der Waals surface area contributed by atoms with Gasteiger partial charge in [-0.1, -0.05) is 17.2 Å². The molecule has 0 saturated carbocycles. The Balaban J connectivity index is 2.43. The normalized spacial score (nSPS) is 12.2. The minimum atomic E-state index is 0.0770. The summed E-state index contributed by atoms with van der Waals surface area (Å²) in [7, 11) is 0. The van der Waals surface area contributed by atoms with Crippen LogP contribution in [0.2, 0.25) is 5.02 Å². The predicted octanol–water partition coefficient (Wildman–Crippen LogP) is 2.52. The van der Waals surface area contributed by atoms with Gasteiger partial charge < -0.3 is 4.74 Å². The number of rotatable bonds is 6. The first-order valence-corrected chi connectivity index (χ1v) is 5.48. The molecule has 0 fully saturated rings. The van der Waals surface area contributed by atoms with Gasteiger partial charge in [0, 0.05) is 5.02 Å². The zero-order chi connectivity index (χ0) is 12.0. The molecule has 0 heterocycles. The molecule has 0 radical (unpaired) electrons. The van der Waals surface area contributed by atoms with Crippen molar-refractivity contribution in [2.75, 3.05) is 6.61 Å². The van der Waals surface area contributed by atoms with Gasteiger partial charge in [-0.15, -0.1) is 6.58 Å². The van der Waals surface area contributed by atoms with Gasteiger partial charge in [-0.05, 0) is 37.6 Å². The number of halogens is 1. The second-order valence-electron chi connectivity index (χ2n) is 3.79. The van der Waals surface area contributed by atoms with E-state index in [-0.39, 0.29) is 6.04 Å². The van der Waals surface area contributed by atoms with Gasteiger partial charge in [0.15, 0.2) is 0 Å². The molecule has 3 N–H and O–H groups in total. The predicted molar refractivity (Wildman–Crippen MR) is 67.5 cm³/mol. The summed E-state index contributed by atoms with van der Waals surface area (Å²) in [6.07, 6.45) is 0.796. The standard InChI is InChI=1S/C12H17ClN2O/c1-9(2)7-11(15-14)8-16-12-5-3-10(13)4-6-12/h3-6,11,15H,1,7-8,14H2,2H3. The van der Waals surface area contributed by atoms with Crippen molar-refractivity contribution >= 4 is 11.6 Å². The molecule has 3 nitrogen and oxygen atoms in total. The molecule has 1 rings (SSSR count). The topological polar surface area (TPSA) is 47.3 Å². The number of hydrazine groups is 1. The molecule has 0 amide bonds. The van der Waals surface area contributed by atoms with E-state index in [2.05, 4.69) is 12.0 Å². The Hall–Kier alpha value is -1.03. The van der Waals surface area contributed by atoms with E-state index >= 15 is 0 Å². The first kappa shape index (κ1) is 13.0. The van der Waals surface area contributed by atoms with Crippen LogP contribution in [0.4, 0.5) is 0 Å². The van der Waals surface area contributed by atoms with Gasteiger partial charge in [0.2, 0.25) is 0 Å². The summed E-state index contributed by atoms with van der Waals surface area (Å²) in [5.74, 6) is 6.20. The Morgan fingerprint density at radius 1 is 1.50 bits per heavy atom. The van der Waals surface area contributed by atoms with Crippen LogP contribution >= 0.6 is 11.6 Å². The highest BCUT2D eigenvalue weighted by molar-refractivity contribution is 6.30. The molecule has 4 heteroatoms. The van der Waals surface area contributed by atoms with Gasteiger partial charge in [0.1, 0.15) is 12.4 Å². The zero-order valence-electron chi connectivity index (χ0n) is 9.37. The largest absolute Gasteiger partial charge is 0.492 e. The number of nitrogens with one attached hydrogen (secondary N) is 1. The summed E-state index contributed by atoms with van der Waals surface area (Å²) in [6.45, 7) is 6.31. The highest BCUT2D eigenvalue weighted by atomic mass is 35.5. The molecular weight excluding hydrogens is 224 g/mol. The number of hydrogen-bond donors (Lipinski definition) is 2. The molecule has 0 aromatic heterocycles. The Morgan fingerprint density at radius 3 is 2.62 bits per heavy atom. The van der Waals surface area contributed by atoms with E-state index in [4.69, 9.17) is 22.2 Å². The minimum Gasteiger partial charge on any atom is -0.492 e. The smallest absolute Gasteiger partial charge is 0.119 e. The third-order valence-electron chi connectivity index (χ3n) is 2.10. The summed E-state index contributed by atoms with van der Waals surface area (Å²) in [5.41, 5.74) is 3.78. The molecule has 0 aliphatic heterocycles. The molecule has 0 spiro atoms. The Morgan fingerprint density at radius 2 is 2.12 bits per heavy atom. The van der Waals surface area contributed by atoms with Crippen molar-refractivity contribution in [3.8, 4) is 5.75 Å². The lowest BCUT2D eigenvalue weighted by Crippen LogP contribution is -2.39. The van der Waals surface area contributed by atoms with E-state index in [9.17, 15) is 0 Å². The fraction of sp³-hybridized carbons (Fsp3) is 0.333. The maximum absolute atomic E-state index is 5.77. The number of nitrogens with two attached hydrogens (primary N) is 1. The van der Waals surface area contributed by atoms with Crippen molar-refractivity contribution < 1.29 is 4.74 Å².